The van der Waals surface area contributed by atoms with E-state index in [4.69, 9.17) is 5.14 Å². The lowest BCUT2D eigenvalue weighted by Gasteiger charge is -2.18. The van der Waals surface area contributed by atoms with Crippen molar-refractivity contribution in [2.45, 2.75) is 13.3 Å². The van der Waals surface area contributed by atoms with Crippen LogP contribution in [-0.4, -0.2) is 31.6 Å². The first-order valence-corrected chi connectivity index (χ1v) is 7.30. The van der Waals surface area contributed by atoms with Crippen LogP contribution < -0.4 is 10.0 Å². The first kappa shape index (κ1) is 13.0. The third kappa shape index (κ3) is 2.85. The number of hydrogen-bond acceptors (Lipinski definition) is 4. The van der Waals surface area contributed by atoms with Crippen molar-refractivity contribution in [2.75, 3.05) is 17.2 Å². The number of pyridine rings is 1. The molecular formula is C11H15N3O3S. The minimum Gasteiger partial charge on any atom is -0.312 e. The monoisotopic (exact) mass is 269 g/mol. The predicted octanol–water partition coefficient (Wildman–Crippen LogP) is 0.0314. The van der Waals surface area contributed by atoms with Crippen LogP contribution >= 0.6 is 0 Å². The quantitative estimate of drug-likeness (QED) is 0.837. The number of carbonyl (C=O) groups is 1. The predicted molar refractivity (Wildman–Crippen MR) is 67.4 cm³/mol. The fraction of sp³-hybridized carbons (Fsp3) is 0.455. The number of rotatable bonds is 3. The van der Waals surface area contributed by atoms with E-state index < -0.39 is 10.0 Å². The van der Waals surface area contributed by atoms with Crippen LogP contribution in [0.1, 0.15) is 12.0 Å². The molecule has 1 atom stereocenters. The molecular weight excluding hydrogens is 254 g/mol. The van der Waals surface area contributed by atoms with Crippen molar-refractivity contribution in [3.05, 3.63) is 24.0 Å². The van der Waals surface area contributed by atoms with E-state index in [2.05, 4.69) is 4.98 Å². The minimum atomic E-state index is -3.54. The summed E-state index contributed by atoms with van der Waals surface area (Å²) in [6, 6.07) is 1.76. The van der Waals surface area contributed by atoms with Gasteiger partial charge in [-0.3, -0.25) is 9.78 Å². The number of aryl methyl sites for hydroxylation is 1. The van der Waals surface area contributed by atoms with E-state index in [1.807, 2.05) is 6.92 Å². The smallest absolute Gasteiger partial charge is 0.227 e. The van der Waals surface area contributed by atoms with Gasteiger partial charge in [0.2, 0.25) is 15.9 Å². The lowest BCUT2D eigenvalue weighted by molar-refractivity contribution is -0.117. The van der Waals surface area contributed by atoms with Gasteiger partial charge in [0.05, 0.1) is 5.75 Å². The third-order valence-electron chi connectivity index (χ3n) is 2.95. The normalized spacial score (nSPS) is 20.4. The van der Waals surface area contributed by atoms with Gasteiger partial charge < -0.3 is 4.90 Å². The second-order valence-corrected chi connectivity index (χ2v) is 6.23. The minimum absolute atomic E-state index is 0.0713. The van der Waals surface area contributed by atoms with E-state index in [0.29, 0.717) is 6.54 Å². The Morgan fingerprint density at radius 1 is 1.56 bits per heavy atom. The first-order valence-electron chi connectivity index (χ1n) is 5.58. The van der Waals surface area contributed by atoms with Gasteiger partial charge in [-0.25, -0.2) is 13.6 Å². The highest BCUT2D eigenvalue weighted by molar-refractivity contribution is 7.89. The number of nitrogens with two attached hydrogens (primary N) is 1. The summed E-state index contributed by atoms with van der Waals surface area (Å²) in [4.78, 5) is 17.5. The van der Waals surface area contributed by atoms with Crippen LogP contribution in [0.3, 0.4) is 0 Å². The van der Waals surface area contributed by atoms with Gasteiger partial charge in [0.15, 0.2) is 0 Å². The van der Waals surface area contributed by atoms with Crippen LogP contribution in [0.5, 0.6) is 0 Å². The largest absolute Gasteiger partial charge is 0.312 e. The molecule has 1 fully saturated rings. The summed E-state index contributed by atoms with van der Waals surface area (Å²) < 4.78 is 22.1. The number of nitrogens with zero attached hydrogens (tertiary/aromatic N) is 2. The van der Waals surface area contributed by atoms with Gasteiger partial charge in [0.1, 0.15) is 0 Å². The average molecular weight is 269 g/mol. The van der Waals surface area contributed by atoms with E-state index >= 15 is 0 Å². The maximum Gasteiger partial charge on any atom is 0.227 e. The highest BCUT2D eigenvalue weighted by Gasteiger charge is 2.33. The second kappa shape index (κ2) is 4.66. The summed E-state index contributed by atoms with van der Waals surface area (Å²) in [6.07, 6.45) is 3.51. The molecule has 98 valence electrons. The number of carbonyl (C=O) groups excluding carboxylic acids is 1. The van der Waals surface area contributed by atoms with Crippen LogP contribution in [0, 0.1) is 12.8 Å². The maximum absolute atomic E-state index is 11.9. The summed E-state index contributed by atoms with van der Waals surface area (Å²) >= 11 is 0. The zero-order valence-electron chi connectivity index (χ0n) is 10.0. The summed E-state index contributed by atoms with van der Waals surface area (Å²) in [5.41, 5.74) is 1.68. The number of sulfonamides is 1. The van der Waals surface area contributed by atoms with Gasteiger partial charge in [0, 0.05) is 37.0 Å². The highest BCUT2D eigenvalue weighted by atomic mass is 32.2. The molecule has 1 saturated heterocycles. The Morgan fingerprint density at radius 3 is 2.89 bits per heavy atom. The van der Waals surface area contributed by atoms with Crippen molar-refractivity contribution < 1.29 is 13.2 Å². The van der Waals surface area contributed by atoms with Crippen molar-refractivity contribution in [1.82, 2.24) is 4.98 Å². The summed E-state index contributed by atoms with van der Waals surface area (Å²) in [7, 11) is -3.54. The molecule has 0 radical (unpaired) electrons. The molecule has 1 aromatic heterocycles. The van der Waals surface area contributed by atoms with Crippen LogP contribution in [0.2, 0.25) is 0 Å². The number of anilines is 1. The van der Waals surface area contributed by atoms with Crippen LogP contribution in [0.25, 0.3) is 0 Å². The molecule has 7 heteroatoms. The van der Waals surface area contributed by atoms with Crippen molar-refractivity contribution in [1.29, 1.82) is 0 Å². The van der Waals surface area contributed by atoms with E-state index in [1.165, 1.54) is 0 Å². The van der Waals surface area contributed by atoms with Crippen molar-refractivity contribution >= 4 is 21.6 Å². The summed E-state index contributed by atoms with van der Waals surface area (Å²) in [5, 5.41) is 5.01. The van der Waals surface area contributed by atoms with Crippen molar-refractivity contribution in [3.63, 3.8) is 0 Å². The highest BCUT2D eigenvalue weighted by Crippen LogP contribution is 2.27. The molecule has 2 N–H and O–H groups in total. The molecule has 0 bridgehead atoms. The first-order chi connectivity index (χ1) is 8.37. The van der Waals surface area contributed by atoms with Crippen molar-refractivity contribution in [2.24, 2.45) is 11.1 Å². The Bertz CT molecular complexity index is 571. The SMILES string of the molecule is Cc1cnccc1N1CC(CS(N)(=O)=O)CC1=O. The van der Waals surface area contributed by atoms with Crippen LogP contribution in [0.15, 0.2) is 18.5 Å². The van der Waals surface area contributed by atoms with Gasteiger partial charge in [-0.1, -0.05) is 0 Å². The molecule has 0 aliphatic carbocycles. The molecule has 1 aliphatic heterocycles. The van der Waals surface area contributed by atoms with Crippen LogP contribution in [0.4, 0.5) is 5.69 Å². The molecule has 0 spiro atoms. The Hall–Kier alpha value is -1.47. The van der Waals surface area contributed by atoms with Gasteiger partial charge in [-0.05, 0) is 18.6 Å². The number of aromatic nitrogens is 1. The standard InChI is InChI=1S/C11H15N3O3S/c1-8-5-13-3-2-10(8)14-6-9(4-11(14)15)7-18(12,16)17/h2-3,5,9H,4,6-7H2,1H3,(H2,12,16,17). The number of hydrogen-bond donors (Lipinski definition) is 1. The maximum atomic E-state index is 11.9. The van der Waals surface area contributed by atoms with Gasteiger partial charge >= 0.3 is 0 Å². The Labute approximate surface area is 106 Å². The van der Waals surface area contributed by atoms with E-state index in [1.54, 1.807) is 23.4 Å². The van der Waals surface area contributed by atoms with Gasteiger partial charge in [-0.2, -0.15) is 0 Å². The van der Waals surface area contributed by atoms with Crippen molar-refractivity contribution in [3.8, 4) is 0 Å². The molecule has 1 aliphatic rings. The third-order valence-corrected chi connectivity index (χ3v) is 3.89. The Kier molecular flexibility index (Phi) is 3.36. The van der Waals surface area contributed by atoms with E-state index in [-0.39, 0.29) is 24.0 Å². The lowest BCUT2D eigenvalue weighted by Crippen LogP contribution is -2.28. The Balaban J connectivity index is 2.18. The fourth-order valence-electron chi connectivity index (χ4n) is 2.22. The molecule has 2 heterocycles. The molecule has 18 heavy (non-hydrogen) atoms. The molecule has 1 aromatic rings. The number of primary sulfonamides is 1. The molecule has 6 nitrogen and oxygen atoms in total. The molecule has 1 amide bonds. The molecule has 2 rings (SSSR count). The summed E-state index contributed by atoms with van der Waals surface area (Å²) in [6.45, 7) is 2.25. The lowest BCUT2D eigenvalue weighted by atomic mass is 10.1. The fourth-order valence-corrected chi connectivity index (χ4v) is 3.10. The van der Waals surface area contributed by atoms with Gasteiger partial charge in [-0.15, -0.1) is 0 Å². The van der Waals surface area contributed by atoms with E-state index in [0.717, 1.165) is 11.3 Å². The number of amides is 1. The molecule has 0 aromatic carbocycles. The zero-order valence-corrected chi connectivity index (χ0v) is 10.9. The second-order valence-electron chi connectivity index (χ2n) is 4.57. The van der Waals surface area contributed by atoms with Gasteiger partial charge in [0.25, 0.3) is 0 Å². The van der Waals surface area contributed by atoms with Crippen LogP contribution in [-0.2, 0) is 14.8 Å². The van der Waals surface area contributed by atoms with E-state index in [9.17, 15) is 13.2 Å². The summed E-state index contributed by atoms with van der Waals surface area (Å²) in [5.74, 6) is -0.461. The molecule has 0 saturated carbocycles. The topological polar surface area (TPSA) is 93.4 Å². The molecule has 1 unspecified atom stereocenters. The average Bonchev–Trinajstić information content (AvgIpc) is 2.57. The zero-order chi connectivity index (χ0) is 13.3. The Morgan fingerprint density at radius 2 is 2.28 bits per heavy atom.